The van der Waals surface area contributed by atoms with Crippen molar-refractivity contribution in [3.8, 4) is 5.75 Å². The lowest BCUT2D eigenvalue weighted by Crippen LogP contribution is -2.50. The molecule has 0 radical (unpaired) electrons. The molecule has 0 spiro atoms. The summed E-state index contributed by atoms with van der Waals surface area (Å²) in [5, 5.41) is 19.7. The van der Waals surface area contributed by atoms with Crippen LogP contribution in [0.1, 0.15) is 0 Å². The number of aliphatic hydroxyl groups is 1. The van der Waals surface area contributed by atoms with Gasteiger partial charge in [-0.25, -0.2) is 9.78 Å². The lowest BCUT2D eigenvalue weighted by molar-refractivity contribution is -0.142. The number of carboxylic acid groups (broad SMARTS) is 1. The van der Waals surface area contributed by atoms with E-state index in [-0.39, 0.29) is 12.4 Å². The third-order valence-electron chi connectivity index (χ3n) is 2.78. The normalized spacial score (nSPS) is 14.9. The summed E-state index contributed by atoms with van der Waals surface area (Å²) in [6.45, 7) is -1.38. The van der Waals surface area contributed by atoms with Crippen LogP contribution in [-0.4, -0.2) is 58.8 Å². The van der Waals surface area contributed by atoms with Crippen LogP contribution in [-0.2, 0) is 14.4 Å². The lowest BCUT2D eigenvalue weighted by atomic mass is 10.3. The van der Waals surface area contributed by atoms with Gasteiger partial charge in [0.1, 0.15) is 12.6 Å². The number of rotatable bonds is 5. The molecule has 1 aromatic heterocycles. The highest BCUT2D eigenvalue weighted by Gasteiger charge is 2.29. The molecule has 0 bridgehead atoms. The summed E-state index contributed by atoms with van der Waals surface area (Å²) in [5.74, 6) is -1.99. The summed E-state index contributed by atoms with van der Waals surface area (Å²) in [6.07, 6.45) is 1.44. The average molecular weight is 295 g/mol. The minimum absolute atomic E-state index is 0.194. The first-order valence-electron chi connectivity index (χ1n) is 6.04. The fourth-order valence-corrected chi connectivity index (χ4v) is 1.77. The van der Waals surface area contributed by atoms with Gasteiger partial charge < -0.3 is 20.3 Å². The van der Waals surface area contributed by atoms with E-state index in [1.54, 1.807) is 12.1 Å². The third kappa shape index (κ3) is 3.26. The van der Waals surface area contributed by atoms with Crippen molar-refractivity contribution in [1.82, 2.24) is 10.3 Å². The number of pyridine rings is 1. The SMILES string of the molecule is O=C(CN1C(=O)COc2cccnc21)NC(CO)C(=O)O. The number of nitrogens with zero attached hydrogens (tertiary/aromatic N) is 2. The summed E-state index contributed by atoms with van der Waals surface area (Å²) in [5.41, 5.74) is 0. The van der Waals surface area contributed by atoms with Gasteiger partial charge in [-0.05, 0) is 12.1 Å². The Balaban J connectivity index is 2.10. The summed E-state index contributed by atoms with van der Waals surface area (Å²) in [7, 11) is 0. The third-order valence-corrected chi connectivity index (χ3v) is 2.78. The van der Waals surface area contributed by atoms with Crippen molar-refractivity contribution in [3.05, 3.63) is 18.3 Å². The van der Waals surface area contributed by atoms with Crippen molar-refractivity contribution in [2.24, 2.45) is 0 Å². The molecule has 0 aromatic carbocycles. The maximum Gasteiger partial charge on any atom is 0.328 e. The first-order chi connectivity index (χ1) is 10.0. The van der Waals surface area contributed by atoms with Crippen molar-refractivity contribution in [2.75, 3.05) is 24.7 Å². The quantitative estimate of drug-likeness (QED) is 0.594. The second-order valence-electron chi connectivity index (χ2n) is 4.23. The van der Waals surface area contributed by atoms with E-state index in [0.29, 0.717) is 5.75 Å². The Morgan fingerprint density at radius 2 is 2.29 bits per heavy atom. The first kappa shape index (κ1) is 14.7. The molecule has 1 atom stereocenters. The highest BCUT2D eigenvalue weighted by Crippen LogP contribution is 2.28. The maximum atomic E-state index is 11.8. The van der Waals surface area contributed by atoms with Crippen LogP contribution in [0.25, 0.3) is 0 Å². The molecular weight excluding hydrogens is 282 g/mol. The molecule has 2 rings (SSSR count). The zero-order chi connectivity index (χ0) is 15.4. The maximum absolute atomic E-state index is 11.8. The number of carboxylic acids is 1. The summed E-state index contributed by atoms with van der Waals surface area (Å²) >= 11 is 0. The van der Waals surface area contributed by atoms with Crippen LogP contribution in [0, 0.1) is 0 Å². The molecule has 2 amide bonds. The molecule has 21 heavy (non-hydrogen) atoms. The van der Waals surface area contributed by atoms with Crippen LogP contribution < -0.4 is 15.0 Å². The smallest absolute Gasteiger partial charge is 0.328 e. The predicted molar refractivity (Wildman–Crippen MR) is 68.7 cm³/mol. The Labute approximate surface area is 119 Å². The summed E-state index contributed by atoms with van der Waals surface area (Å²) in [4.78, 5) is 39.4. The highest BCUT2D eigenvalue weighted by atomic mass is 16.5. The molecule has 1 unspecified atom stereocenters. The van der Waals surface area contributed by atoms with Crippen LogP contribution in [0.2, 0.25) is 0 Å². The molecule has 0 aliphatic carbocycles. The number of carbonyl (C=O) groups excluding carboxylic acids is 2. The van der Waals surface area contributed by atoms with Gasteiger partial charge >= 0.3 is 5.97 Å². The number of hydrogen-bond donors (Lipinski definition) is 3. The number of aromatic nitrogens is 1. The molecular formula is C12H13N3O6. The van der Waals surface area contributed by atoms with E-state index >= 15 is 0 Å². The summed E-state index contributed by atoms with van der Waals surface area (Å²) in [6, 6.07) is 1.81. The van der Waals surface area contributed by atoms with Crippen LogP contribution in [0.3, 0.4) is 0 Å². The molecule has 1 aliphatic heterocycles. The van der Waals surface area contributed by atoms with E-state index in [1.165, 1.54) is 6.20 Å². The molecule has 1 aromatic rings. The van der Waals surface area contributed by atoms with Gasteiger partial charge in [-0.15, -0.1) is 0 Å². The van der Waals surface area contributed by atoms with Crippen LogP contribution in [0.15, 0.2) is 18.3 Å². The highest BCUT2D eigenvalue weighted by molar-refractivity contribution is 6.01. The van der Waals surface area contributed by atoms with Crippen molar-refractivity contribution in [2.45, 2.75) is 6.04 Å². The van der Waals surface area contributed by atoms with E-state index in [9.17, 15) is 14.4 Å². The number of aliphatic carboxylic acids is 1. The number of nitrogens with one attached hydrogen (secondary N) is 1. The zero-order valence-corrected chi connectivity index (χ0v) is 10.9. The van der Waals surface area contributed by atoms with E-state index in [0.717, 1.165) is 4.90 Å². The predicted octanol–water partition coefficient (Wildman–Crippen LogP) is -1.63. The van der Waals surface area contributed by atoms with Crippen molar-refractivity contribution < 1.29 is 29.3 Å². The molecule has 0 saturated carbocycles. The van der Waals surface area contributed by atoms with E-state index in [4.69, 9.17) is 14.9 Å². The van der Waals surface area contributed by atoms with E-state index < -0.39 is 37.0 Å². The fourth-order valence-electron chi connectivity index (χ4n) is 1.77. The van der Waals surface area contributed by atoms with Crippen molar-refractivity contribution in [1.29, 1.82) is 0 Å². The Hall–Kier alpha value is -2.68. The van der Waals surface area contributed by atoms with Gasteiger partial charge in [-0.1, -0.05) is 0 Å². The zero-order valence-electron chi connectivity index (χ0n) is 10.9. The second-order valence-corrected chi connectivity index (χ2v) is 4.23. The molecule has 0 saturated heterocycles. The fraction of sp³-hybridized carbons (Fsp3) is 0.333. The number of fused-ring (bicyclic) bond motifs is 1. The Kier molecular flexibility index (Phi) is 4.33. The number of anilines is 1. The minimum atomic E-state index is -1.42. The molecule has 112 valence electrons. The van der Waals surface area contributed by atoms with Gasteiger partial charge in [0, 0.05) is 6.20 Å². The number of aliphatic hydroxyl groups excluding tert-OH is 1. The minimum Gasteiger partial charge on any atom is -0.480 e. The van der Waals surface area contributed by atoms with Gasteiger partial charge in [-0.2, -0.15) is 0 Å². The summed E-state index contributed by atoms with van der Waals surface area (Å²) < 4.78 is 5.17. The molecule has 9 nitrogen and oxygen atoms in total. The number of carbonyl (C=O) groups is 3. The number of hydrogen-bond acceptors (Lipinski definition) is 6. The van der Waals surface area contributed by atoms with E-state index in [1.807, 2.05) is 0 Å². The van der Waals surface area contributed by atoms with Gasteiger partial charge in [-0.3, -0.25) is 14.5 Å². The van der Waals surface area contributed by atoms with Crippen molar-refractivity contribution >= 4 is 23.6 Å². The average Bonchev–Trinajstić information content (AvgIpc) is 2.47. The monoisotopic (exact) mass is 295 g/mol. The first-order valence-corrected chi connectivity index (χ1v) is 6.04. The Bertz CT molecular complexity index is 576. The topological polar surface area (TPSA) is 129 Å². The van der Waals surface area contributed by atoms with E-state index in [2.05, 4.69) is 10.3 Å². The molecule has 3 N–H and O–H groups in total. The molecule has 1 aliphatic rings. The Morgan fingerprint density at radius 3 is 2.95 bits per heavy atom. The van der Waals surface area contributed by atoms with Crippen LogP contribution in [0.4, 0.5) is 5.82 Å². The van der Waals surface area contributed by atoms with Gasteiger partial charge in [0.15, 0.2) is 18.2 Å². The number of amides is 2. The van der Waals surface area contributed by atoms with Crippen LogP contribution >= 0.6 is 0 Å². The van der Waals surface area contributed by atoms with Crippen LogP contribution in [0.5, 0.6) is 5.75 Å². The van der Waals surface area contributed by atoms with Gasteiger partial charge in [0.2, 0.25) is 5.91 Å². The number of ether oxygens (including phenoxy) is 1. The largest absolute Gasteiger partial charge is 0.480 e. The standard InChI is InChI=1S/C12H13N3O6/c16-5-7(12(19)20)14-9(17)4-15-10(18)6-21-8-2-1-3-13-11(8)15/h1-3,7,16H,4-6H2,(H,14,17)(H,19,20). The van der Waals surface area contributed by atoms with Gasteiger partial charge in [0.25, 0.3) is 5.91 Å². The van der Waals surface area contributed by atoms with Gasteiger partial charge in [0.05, 0.1) is 6.61 Å². The van der Waals surface area contributed by atoms with Crippen molar-refractivity contribution in [3.63, 3.8) is 0 Å². The molecule has 2 heterocycles. The second kappa shape index (κ2) is 6.18. The molecule has 9 heteroatoms. The Morgan fingerprint density at radius 1 is 1.52 bits per heavy atom. The molecule has 0 fully saturated rings. The lowest BCUT2D eigenvalue weighted by Gasteiger charge is -2.27.